The van der Waals surface area contributed by atoms with Crippen LogP contribution in [0.4, 0.5) is 5.69 Å². The molecule has 2 N–H and O–H groups in total. The zero-order valence-electron chi connectivity index (χ0n) is 19.8. The number of para-hydroxylation sites is 1. The zero-order chi connectivity index (χ0) is 26.3. The highest BCUT2D eigenvalue weighted by Gasteiger charge is 2.33. The van der Waals surface area contributed by atoms with E-state index in [-0.39, 0.29) is 16.0 Å². The average Bonchev–Trinajstić information content (AvgIpc) is 3.19. The molecule has 1 heterocycles. The summed E-state index contributed by atoms with van der Waals surface area (Å²) in [5.41, 5.74) is 2.10. The van der Waals surface area contributed by atoms with Crippen molar-refractivity contribution in [3.63, 3.8) is 0 Å². The lowest BCUT2D eigenvalue weighted by atomic mass is 10.1. The molecule has 35 heavy (non-hydrogen) atoms. The van der Waals surface area contributed by atoms with Gasteiger partial charge in [-0.15, -0.1) is 11.3 Å². The topological polar surface area (TPSA) is 154 Å². The number of hydrogen-bond donors (Lipinski definition) is 2. The minimum Gasteiger partial charge on any atom is -0.465 e. The van der Waals surface area contributed by atoms with Crippen molar-refractivity contribution in [3.05, 3.63) is 45.3 Å². The highest BCUT2D eigenvalue weighted by atomic mass is 32.2. The number of methoxy groups -OCH3 is 2. The van der Waals surface area contributed by atoms with Crippen LogP contribution in [0.3, 0.4) is 0 Å². The zero-order valence-corrected chi connectivity index (χ0v) is 21.5. The number of carbonyl (C=O) groups is 4. The number of amides is 1. The first-order valence-electron chi connectivity index (χ1n) is 10.3. The van der Waals surface area contributed by atoms with Gasteiger partial charge in [0.1, 0.15) is 11.4 Å². The number of aryl methyl sites for hydroxylation is 2. The van der Waals surface area contributed by atoms with Crippen molar-refractivity contribution in [2.75, 3.05) is 32.7 Å². The molecular weight excluding hydrogens is 500 g/mol. The summed E-state index contributed by atoms with van der Waals surface area (Å²) in [5.74, 6) is -3.42. The fourth-order valence-corrected chi connectivity index (χ4v) is 5.85. The van der Waals surface area contributed by atoms with Gasteiger partial charge in [0.15, 0.2) is 10.8 Å². The summed E-state index contributed by atoms with van der Waals surface area (Å²) < 4.78 is 41.2. The summed E-state index contributed by atoms with van der Waals surface area (Å²) in [6, 6.07) is 5.56. The van der Waals surface area contributed by atoms with Gasteiger partial charge in [0.05, 0.1) is 19.8 Å². The van der Waals surface area contributed by atoms with Gasteiger partial charge < -0.3 is 19.5 Å². The van der Waals surface area contributed by atoms with Crippen molar-refractivity contribution in [1.29, 1.82) is 0 Å². The maximum Gasteiger partial charge on any atom is 0.348 e. The van der Waals surface area contributed by atoms with Crippen LogP contribution in [0.5, 0.6) is 0 Å². The number of nitrogens with one attached hydrogen (secondary N) is 2. The Morgan fingerprint density at radius 2 is 1.69 bits per heavy atom. The Labute approximate surface area is 206 Å². The lowest BCUT2D eigenvalue weighted by molar-refractivity contribution is -0.146. The molecule has 0 unspecified atom stereocenters. The third kappa shape index (κ3) is 6.65. The monoisotopic (exact) mass is 526 g/mol. The Balaban J connectivity index is 2.07. The standard InChI is InChI=1S/C22H26N2O9S2/c1-6-14-9-7-8-12(2)18(14)24-15(25)11-33-16(26)10-23-35(29,30)22-17(20(27)31-4)13(3)19(34-22)21(28)32-5/h7-9,23H,6,10-11H2,1-5H3,(H,24,25). The van der Waals surface area contributed by atoms with Crippen LogP contribution in [-0.2, 0) is 40.2 Å². The first-order chi connectivity index (χ1) is 16.5. The van der Waals surface area contributed by atoms with Gasteiger partial charge in [-0.25, -0.2) is 18.0 Å². The van der Waals surface area contributed by atoms with Gasteiger partial charge in [0.2, 0.25) is 0 Å². The van der Waals surface area contributed by atoms with E-state index >= 15 is 0 Å². The number of hydrogen-bond acceptors (Lipinski definition) is 10. The molecule has 0 aliphatic heterocycles. The van der Waals surface area contributed by atoms with E-state index in [1.165, 1.54) is 6.92 Å². The van der Waals surface area contributed by atoms with E-state index in [0.717, 1.165) is 25.3 Å². The fraction of sp³-hybridized carbons (Fsp3) is 0.364. The largest absolute Gasteiger partial charge is 0.465 e. The molecule has 0 saturated heterocycles. The third-order valence-electron chi connectivity index (χ3n) is 4.89. The molecule has 190 valence electrons. The molecule has 0 bridgehead atoms. The second-order valence-electron chi connectivity index (χ2n) is 7.20. The van der Waals surface area contributed by atoms with Crippen LogP contribution in [0, 0.1) is 13.8 Å². The number of benzene rings is 1. The molecular formula is C22H26N2O9S2. The Bertz CT molecular complexity index is 1250. The number of carbonyl (C=O) groups excluding carboxylic acids is 4. The van der Waals surface area contributed by atoms with Crippen molar-refractivity contribution >= 4 is 50.9 Å². The van der Waals surface area contributed by atoms with Crippen LogP contribution < -0.4 is 10.0 Å². The maximum atomic E-state index is 12.8. The van der Waals surface area contributed by atoms with Crippen molar-refractivity contribution in [3.8, 4) is 0 Å². The molecule has 0 aliphatic rings. The number of anilines is 1. The highest BCUT2D eigenvalue weighted by Crippen LogP contribution is 2.33. The second kappa shape index (κ2) is 11.9. The average molecular weight is 527 g/mol. The third-order valence-corrected chi connectivity index (χ3v) is 8.09. The van der Waals surface area contributed by atoms with Gasteiger partial charge >= 0.3 is 17.9 Å². The first-order valence-corrected chi connectivity index (χ1v) is 12.6. The molecule has 0 aliphatic carbocycles. The molecule has 1 amide bonds. The molecule has 2 aromatic rings. The minimum absolute atomic E-state index is 0.0657. The summed E-state index contributed by atoms with van der Waals surface area (Å²) in [5, 5.41) is 2.69. The molecule has 11 nitrogen and oxygen atoms in total. The van der Waals surface area contributed by atoms with Gasteiger partial charge in [-0.1, -0.05) is 25.1 Å². The van der Waals surface area contributed by atoms with Gasteiger partial charge in [0.25, 0.3) is 15.9 Å². The molecule has 13 heteroatoms. The quantitative estimate of drug-likeness (QED) is 0.349. The van der Waals surface area contributed by atoms with Crippen molar-refractivity contribution in [1.82, 2.24) is 4.72 Å². The van der Waals surface area contributed by atoms with E-state index in [4.69, 9.17) is 4.74 Å². The van der Waals surface area contributed by atoms with Crippen LogP contribution in [0.1, 0.15) is 43.6 Å². The van der Waals surface area contributed by atoms with E-state index in [9.17, 15) is 27.6 Å². The summed E-state index contributed by atoms with van der Waals surface area (Å²) in [4.78, 5) is 48.3. The normalized spacial score (nSPS) is 11.0. The number of rotatable bonds is 10. The summed E-state index contributed by atoms with van der Waals surface area (Å²) >= 11 is 0.503. The molecule has 0 saturated carbocycles. The number of sulfonamides is 1. The van der Waals surface area contributed by atoms with Crippen LogP contribution in [0.2, 0.25) is 0 Å². The van der Waals surface area contributed by atoms with Crippen molar-refractivity contribution < 1.29 is 41.8 Å². The smallest absolute Gasteiger partial charge is 0.348 e. The van der Waals surface area contributed by atoms with Crippen LogP contribution in [0.25, 0.3) is 0 Å². The van der Waals surface area contributed by atoms with Crippen molar-refractivity contribution in [2.45, 2.75) is 31.4 Å². The highest BCUT2D eigenvalue weighted by molar-refractivity contribution is 7.91. The molecule has 0 atom stereocenters. The number of ether oxygens (including phenoxy) is 3. The van der Waals surface area contributed by atoms with E-state index in [0.29, 0.717) is 23.4 Å². The predicted molar refractivity (Wildman–Crippen MR) is 127 cm³/mol. The molecule has 1 aromatic heterocycles. The van der Waals surface area contributed by atoms with Gasteiger partial charge in [-0.2, -0.15) is 4.72 Å². The molecule has 1 aromatic carbocycles. The minimum atomic E-state index is -4.43. The lowest BCUT2D eigenvalue weighted by Crippen LogP contribution is -2.32. The Hall–Kier alpha value is -3.29. The first kappa shape index (κ1) is 28.0. The van der Waals surface area contributed by atoms with Crippen LogP contribution in [0.15, 0.2) is 22.4 Å². The second-order valence-corrected chi connectivity index (χ2v) is 10.2. The van der Waals surface area contributed by atoms with Crippen LogP contribution >= 0.6 is 11.3 Å². The summed E-state index contributed by atoms with van der Waals surface area (Å²) in [6.07, 6.45) is 0.687. The molecule has 0 radical (unpaired) electrons. The van der Waals surface area contributed by atoms with E-state index in [1.807, 2.05) is 36.8 Å². The summed E-state index contributed by atoms with van der Waals surface area (Å²) in [7, 11) is -2.26. The molecule has 2 rings (SSSR count). The SMILES string of the molecule is CCc1cccc(C)c1NC(=O)COC(=O)CNS(=O)(=O)c1sc(C(=O)OC)c(C)c1C(=O)OC. The predicted octanol–water partition coefficient (Wildman–Crippen LogP) is 1.96. The fourth-order valence-electron chi connectivity index (χ4n) is 3.10. The maximum absolute atomic E-state index is 12.8. The van der Waals surface area contributed by atoms with Crippen molar-refractivity contribution in [2.24, 2.45) is 0 Å². The van der Waals surface area contributed by atoms with Gasteiger partial charge in [0, 0.05) is 5.69 Å². The number of thiophene rings is 1. The van der Waals surface area contributed by atoms with E-state index in [2.05, 4.69) is 14.8 Å². The number of esters is 3. The Morgan fingerprint density at radius 1 is 1.03 bits per heavy atom. The van der Waals surface area contributed by atoms with Gasteiger partial charge in [-0.3, -0.25) is 9.59 Å². The summed E-state index contributed by atoms with van der Waals surface area (Å²) in [6.45, 7) is 3.70. The lowest BCUT2D eigenvalue weighted by Gasteiger charge is -2.13. The molecule has 0 fully saturated rings. The van der Waals surface area contributed by atoms with Gasteiger partial charge in [-0.05, 0) is 37.0 Å². The molecule has 0 spiro atoms. The van der Waals surface area contributed by atoms with Crippen LogP contribution in [-0.4, -0.2) is 59.6 Å². The Kier molecular flexibility index (Phi) is 9.51. The van der Waals surface area contributed by atoms with E-state index < -0.39 is 51.2 Å². The Morgan fingerprint density at radius 3 is 2.29 bits per heavy atom. The van der Waals surface area contributed by atoms with E-state index in [1.54, 1.807) is 0 Å².